The predicted octanol–water partition coefficient (Wildman–Crippen LogP) is 3.54. The molecule has 0 atom stereocenters. The lowest BCUT2D eigenvalue weighted by Gasteiger charge is -2.35. The Hall–Kier alpha value is -2.57. The number of benzene rings is 1. The molecule has 0 spiro atoms. The van der Waals surface area contributed by atoms with Gasteiger partial charge in [-0.2, -0.15) is 0 Å². The number of aromatic nitrogens is 3. The Balaban J connectivity index is 1.40. The number of anilines is 1. The van der Waals surface area contributed by atoms with E-state index in [9.17, 15) is 4.79 Å². The monoisotopic (exact) mass is 401 g/mol. The molecule has 3 aromatic rings. The zero-order chi connectivity index (χ0) is 18.8. The first-order valence-corrected chi connectivity index (χ1v) is 9.34. The molecule has 138 valence electrons. The summed E-state index contributed by atoms with van der Waals surface area (Å²) < 4.78 is 1.91. The summed E-state index contributed by atoms with van der Waals surface area (Å²) in [6.07, 6.45) is 3.85. The van der Waals surface area contributed by atoms with Crippen molar-refractivity contribution in [3.8, 4) is 5.82 Å². The fourth-order valence-electron chi connectivity index (χ4n) is 3.08. The lowest BCUT2D eigenvalue weighted by Crippen LogP contribution is -2.49. The largest absolute Gasteiger partial charge is 0.352 e. The summed E-state index contributed by atoms with van der Waals surface area (Å²) in [5, 5.41) is 9.50. The smallest absolute Gasteiger partial charge is 0.255 e. The standard InChI is InChI=1S/C19H17Cl2N5O/c20-14-3-4-15(16(21)13-14)19(27)26-11-9-25(10-12-26)18-6-5-17(22-23-18)24-7-1-2-8-24/h1-8,13H,9-12H2. The lowest BCUT2D eigenvalue weighted by molar-refractivity contribution is 0.0746. The number of carbonyl (C=O) groups excluding carboxylic acids is 1. The van der Waals surface area contributed by atoms with Gasteiger partial charge in [0.05, 0.1) is 10.6 Å². The van der Waals surface area contributed by atoms with Crippen molar-refractivity contribution in [1.82, 2.24) is 19.7 Å². The SMILES string of the molecule is O=C(c1ccc(Cl)cc1Cl)N1CCN(c2ccc(-n3cccc3)nn2)CC1. The molecule has 1 aromatic carbocycles. The molecule has 8 heteroatoms. The third kappa shape index (κ3) is 3.77. The molecule has 0 bridgehead atoms. The number of rotatable bonds is 3. The van der Waals surface area contributed by atoms with Crippen LogP contribution in [0.3, 0.4) is 0 Å². The minimum Gasteiger partial charge on any atom is -0.352 e. The summed E-state index contributed by atoms with van der Waals surface area (Å²) in [4.78, 5) is 16.6. The van der Waals surface area contributed by atoms with E-state index >= 15 is 0 Å². The highest BCUT2D eigenvalue weighted by atomic mass is 35.5. The number of hydrogen-bond donors (Lipinski definition) is 0. The molecule has 27 heavy (non-hydrogen) atoms. The second-order valence-corrected chi connectivity index (χ2v) is 7.09. The van der Waals surface area contributed by atoms with E-state index in [4.69, 9.17) is 23.2 Å². The van der Waals surface area contributed by atoms with Gasteiger partial charge >= 0.3 is 0 Å². The maximum atomic E-state index is 12.7. The van der Waals surface area contributed by atoms with Crippen molar-refractivity contribution in [3.63, 3.8) is 0 Å². The van der Waals surface area contributed by atoms with Crippen LogP contribution in [-0.2, 0) is 0 Å². The molecule has 0 unspecified atom stereocenters. The van der Waals surface area contributed by atoms with Crippen LogP contribution < -0.4 is 4.90 Å². The van der Waals surface area contributed by atoms with E-state index in [1.54, 1.807) is 23.1 Å². The molecule has 3 heterocycles. The van der Waals surface area contributed by atoms with Crippen molar-refractivity contribution in [1.29, 1.82) is 0 Å². The first kappa shape index (κ1) is 17.8. The predicted molar refractivity (Wildman–Crippen MR) is 106 cm³/mol. The van der Waals surface area contributed by atoms with Crippen molar-refractivity contribution in [3.05, 3.63) is 70.5 Å². The van der Waals surface area contributed by atoms with Crippen LogP contribution in [0, 0.1) is 0 Å². The Morgan fingerprint density at radius 2 is 1.56 bits per heavy atom. The molecule has 4 rings (SSSR count). The van der Waals surface area contributed by atoms with Gasteiger partial charge in [0, 0.05) is 43.6 Å². The second-order valence-electron chi connectivity index (χ2n) is 6.24. The average Bonchev–Trinajstić information content (AvgIpc) is 3.23. The molecule has 0 N–H and O–H groups in total. The molecule has 0 aliphatic carbocycles. The van der Waals surface area contributed by atoms with E-state index in [1.165, 1.54) is 0 Å². The Bertz CT molecular complexity index is 935. The molecule has 1 saturated heterocycles. The molecule has 1 amide bonds. The molecule has 0 saturated carbocycles. The van der Waals surface area contributed by atoms with Crippen LogP contribution in [-0.4, -0.2) is 51.8 Å². The maximum absolute atomic E-state index is 12.7. The van der Waals surface area contributed by atoms with Gasteiger partial charge < -0.3 is 14.4 Å². The van der Waals surface area contributed by atoms with Crippen LogP contribution in [0.15, 0.2) is 54.9 Å². The van der Waals surface area contributed by atoms with Crippen molar-refractivity contribution in [2.75, 3.05) is 31.1 Å². The van der Waals surface area contributed by atoms with Gasteiger partial charge in [-0.15, -0.1) is 10.2 Å². The van der Waals surface area contributed by atoms with Crippen molar-refractivity contribution in [2.24, 2.45) is 0 Å². The van der Waals surface area contributed by atoms with Gasteiger partial charge in [0.25, 0.3) is 5.91 Å². The molecule has 0 radical (unpaired) electrons. The van der Waals surface area contributed by atoms with Crippen LogP contribution in [0.4, 0.5) is 5.82 Å². The van der Waals surface area contributed by atoms with E-state index in [-0.39, 0.29) is 5.91 Å². The highest BCUT2D eigenvalue weighted by molar-refractivity contribution is 6.36. The van der Waals surface area contributed by atoms with Gasteiger partial charge in [-0.05, 0) is 42.5 Å². The first-order valence-electron chi connectivity index (χ1n) is 8.58. The zero-order valence-corrected chi connectivity index (χ0v) is 15.9. The summed E-state index contributed by atoms with van der Waals surface area (Å²) in [6, 6.07) is 12.7. The van der Waals surface area contributed by atoms with Crippen LogP contribution in [0.25, 0.3) is 5.82 Å². The normalized spacial score (nSPS) is 14.4. The highest BCUT2D eigenvalue weighted by Gasteiger charge is 2.24. The number of hydrogen-bond acceptors (Lipinski definition) is 4. The van der Waals surface area contributed by atoms with Gasteiger partial charge in [0.2, 0.25) is 0 Å². The van der Waals surface area contributed by atoms with Gasteiger partial charge in [0.1, 0.15) is 0 Å². The summed E-state index contributed by atoms with van der Waals surface area (Å²) in [7, 11) is 0. The lowest BCUT2D eigenvalue weighted by atomic mass is 10.2. The number of amides is 1. The fraction of sp³-hybridized carbons (Fsp3) is 0.211. The Morgan fingerprint density at radius 1 is 0.889 bits per heavy atom. The quantitative estimate of drug-likeness (QED) is 0.673. The zero-order valence-electron chi connectivity index (χ0n) is 14.4. The van der Waals surface area contributed by atoms with Crippen LogP contribution in [0.2, 0.25) is 10.0 Å². The number of halogens is 2. The number of carbonyl (C=O) groups is 1. The topological polar surface area (TPSA) is 54.3 Å². The first-order chi connectivity index (χ1) is 13.1. The van der Waals surface area contributed by atoms with Crippen molar-refractivity contribution in [2.45, 2.75) is 0 Å². The Labute approximate surface area is 166 Å². The van der Waals surface area contributed by atoms with E-state index in [2.05, 4.69) is 15.1 Å². The third-order valence-corrected chi connectivity index (χ3v) is 5.11. The van der Waals surface area contributed by atoms with Gasteiger partial charge in [0.15, 0.2) is 11.6 Å². The molecule has 1 aliphatic rings. The molecule has 1 fully saturated rings. The molecule has 1 aliphatic heterocycles. The Kier molecular flexibility index (Phi) is 5.01. The maximum Gasteiger partial charge on any atom is 0.255 e. The summed E-state index contributed by atoms with van der Waals surface area (Å²) in [6.45, 7) is 2.57. The van der Waals surface area contributed by atoms with Crippen molar-refractivity contribution < 1.29 is 4.79 Å². The van der Waals surface area contributed by atoms with E-state index in [0.717, 1.165) is 11.6 Å². The van der Waals surface area contributed by atoms with Crippen LogP contribution in [0.5, 0.6) is 0 Å². The van der Waals surface area contributed by atoms with Gasteiger partial charge in [-0.25, -0.2) is 0 Å². The van der Waals surface area contributed by atoms with Gasteiger partial charge in [-0.3, -0.25) is 4.79 Å². The molecule has 6 nitrogen and oxygen atoms in total. The summed E-state index contributed by atoms with van der Waals surface area (Å²) >= 11 is 12.1. The number of piperazine rings is 1. The molecule has 2 aromatic heterocycles. The fourth-order valence-corrected chi connectivity index (χ4v) is 3.57. The van der Waals surface area contributed by atoms with Crippen molar-refractivity contribution >= 4 is 34.9 Å². The average molecular weight is 402 g/mol. The Morgan fingerprint density at radius 3 is 2.19 bits per heavy atom. The summed E-state index contributed by atoms with van der Waals surface area (Å²) in [5.41, 5.74) is 0.477. The number of nitrogens with zero attached hydrogens (tertiary/aromatic N) is 5. The third-order valence-electron chi connectivity index (χ3n) is 4.56. The molecular formula is C19H17Cl2N5O. The minimum atomic E-state index is -0.0784. The van der Waals surface area contributed by atoms with Crippen LogP contribution >= 0.6 is 23.2 Å². The highest BCUT2D eigenvalue weighted by Crippen LogP contribution is 2.23. The van der Waals surface area contributed by atoms with E-state index in [0.29, 0.717) is 41.8 Å². The van der Waals surface area contributed by atoms with Gasteiger partial charge in [-0.1, -0.05) is 23.2 Å². The molecular weight excluding hydrogens is 385 g/mol. The van der Waals surface area contributed by atoms with E-state index in [1.807, 2.05) is 41.2 Å². The summed E-state index contributed by atoms with van der Waals surface area (Å²) in [5.74, 6) is 1.50. The van der Waals surface area contributed by atoms with E-state index < -0.39 is 0 Å². The second kappa shape index (κ2) is 7.58. The minimum absolute atomic E-state index is 0.0784. The van der Waals surface area contributed by atoms with Crippen LogP contribution in [0.1, 0.15) is 10.4 Å².